The van der Waals surface area contributed by atoms with Gasteiger partial charge in [-0.3, -0.25) is 9.78 Å². The van der Waals surface area contributed by atoms with Crippen LogP contribution in [-0.2, 0) is 16.7 Å². The van der Waals surface area contributed by atoms with E-state index in [-0.39, 0.29) is 17.6 Å². The maximum atomic E-state index is 13.6. The summed E-state index contributed by atoms with van der Waals surface area (Å²) in [6, 6.07) is 13.8. The van der Waals surface area contributed by atoms with Crippen molar-refractivity contribution in [2.75, 3.05) is 37.7 Å². The number of piperidine rings is 1. The first-order valence-corrected chi connectivity index (χ1v) is 15.2. The molecule has 0 bridgehead atoms. The highest BCUT2D eigenvalue weighted by molar-refractivity contribution is 7.99. The third-order valence-electron chi connectivity index (χ3n) is 7.14. The Morgan fingerprint density at radius 2 is 2.08 bits per heavy atom. The minimum atomic E-state index is -1.17. The van der Waals surface area contributed by atoms with Crippen molar-refractivity contribution in [1.82, 2.24) is 14.6 Å². The largest absolute Gasteiger partial charge is 0.455 e. The number of pyridine rings is 1. The zero-order valence-electron chi connectivity index (χ0n) is 22.1. The lowest BCUT2D eigenvalue weighted by Gasteiger charge is -2.34. The van der Waals surface area contributed by atoms with E-state index in [1.807, 2.05) is 35.8 Å². The molecule has 3 heterocycles. The van der Waals surface area contributed by atoms with Crippen LogP contribution >= 0.6 is 11.9 Å². The summed E-state index contributed by atoms with van der Waals surface area (Å²) in [4.78, 5) is 17.3. The maximum absolute atomic E-state index is 13.6. The third kappa shape index (κ3) is 5.73. The van der Waals surface area contributed by atoms with Crippen molar-refractivity contribution >= 4 is 45.5 Å². The molecule has 2 atom stereocenters. The highest BCUT2D eigenvalue weighted by Gasteiger charge is 2.30. The van der Waals surface area contributed by atoms with Crippen LogP contribution in [0.1, 0.15) is 40.2 Å². The van der Waals surface area contributed by atoms with Gasteiger partial charge in [0.25, 0.3) is 5.91 Å². The van der Waals surface area contributed by atoms with Gasteiger partial charge in [-0.1, -0.05) is 18.0 Å². The fraction of sp³-hybridized carbons (Fsp3) is 0.310. The van der Waals surface area contributed by atoms with Gasteiger partial charge in [-0.2, -0.15) is 0 Å². The van der Waals surface area contributed by atoms with Crippen molar-refractivity contribution < 1.29 is 17.8 Å². The third-order valence-corrected chi connectivity index (χ3v) is 9.37. The SMILES string of the molecule is CNC(=O)c1c(-c2ccc(F)cc2)oc2cc(N(C)SC)c([C@H]3CCCN(S(=O)Cc4cccnc4)C3)cc12. The van der Waals surface area contributed by atoms with Crippen LogP contribution in [0, 0.1) is 5.82 Å². The Labute approximate surface area is 234 Å². The summed E-state index contributed by atoms with van der Waals surface area (Å²) in [5.74, 6) is 0.327. The Morgan fingerprint density at radius 1 is 1.28 bits per heavy atom. The first-order chi connectivity index (χ1) is 18.9. The standard InChI is InChI=1S/C29H31FN4O3S2/c1-31-29(35)27-24-14-23(21-7-5-13-34(17-21)39(36)18-19-6-4-12-32-16-19)25(33(2)38-3)15-26(24)37-28(27)20-8-10-22(30)11-9-20/h4,6,8-12,14-16,21H,5,7,13,17-18H2,1-3H3,(H,31,35)/t21-,39?/m0/s1. The number of amides is 1. The molecule has 10 heteroatoms. The van der Waals surface area contributed by atoms with Crippen LogP contribution in [0.5, 0.6) is 0 Å². The Bertz CT molecular complexity index is 1490. The molecule has 1 saturated heterocycles. The van der Waals surface area contributed by atoms with E-state index in [1.54, 1.807) is 43.5 Å². The lowest BCUT2D eigenvalue weighted by molar-refractivity contribution is 0.0964. The zero-order chi connectivity index (χ0) is 27.5. The molecular weight excluding hydrogens is 535 g/mol. The van der Waals surface area contributed by atoms with Gasteiger partial charge < -0.3 is 14.0 Å². The Balaban J connectivity index is 1.56. The van der Waals surface area contributed by atoms with Crippen LogP contribution in [-0.4, -0.2) is 52.8 Å². The fourth-order valence-electron chi connectivity index (χ4n) is 5.10. The van der Waals surface area contributed by atoms with E-state index in [0.29, 0.717) is 40.2 Å². The number of aromatic nitrogens is 1. The molecule has 1 unspecified atom stereocenters. The Hall–Kier alpha value is -3.21. The number of nitrogens with zero attached hydrogens (tertiary/aromatic N) is 3. The molecule has 2 aromatic heterocycles. The van der Waals surface area contributed by atoms with Crippen molar-refractivity contribution in [2.45, 2.75) is 24.5 Å². The molecule has 0 radical (unpaired) electrons. The number of rotatable bonds is 8. The van der Waals surface area contributed by atoms with E-state index in [2.05, 4.69) is 20.7 Å². The van der Waals surface area contributed by atoms with Gasteiger partial charge in [0.1, 0.15) is 17.2 Å². The molecule has 1 fully saturated rings. The van der Waals surface area contributed by atoms with Crippen molar-refractivity contribution in [2.24, 2.45) is 0 Å². The summed E-state index contributed by atoms with van der Waals surface area (Å²) in [6.45, 7) is 1.41. The monoisotopic (exact) mass is 566 g/mol. The van der Waals surface area contributed by atoms with Gasteiger partial charge in [-0.15, -0.1) is 0 Å². The summed E-state index contributed by atoms with van der Waals surface area (Å²) < 4.78 is 37.3. The van der Waals surface area contributed by atoms with Crippen molar-refractivity contribution in [1.29, 1.82) is 0 Å². The lowest BCUT2D eigenvalue weighted by Crippen LogP contribution is -2.36. The molecule has 5 rings (SSSR count). The second kappa shape index (κ2) is 11.9. The average Bonchev–Trinajstić information content (AvgIpc) is 3.35. The van der Waals surface area contributed by atoms with Gasteiger partial charge in [0.05, 0.1) is 28.0 Å². The highest BCUT2D eigenvalue weighted by Crippen LogP contribution is 2.42. The number of benzene rings is 2. The predicted octanol–water partition coefficient (Wildman–Crippen LogP) is 5.75. The first kappa shape index (κ1) is 27.4. The summed E-state index contributed by atoms with van der Waals surface area (Å²) in [5, 5.41) is 3.44. The number of furan rings is 1. The van der Waals surface area contributed by atoms with E-state index in [0.717, 1.165) is 36.2 Å². The number of fused-ring (bicyclic) bond motifs is 1. The summed E-state index contributed by atoms with van der Waals surface area (Å²) >= 11 is 1.58. The van der Waals surface area contributed by atoms with Crippen LogP contribution in [0.15, 0.2) is 65.3 Å². The molecule has 4 aromatic rings. The average molecular weight is 567 g/mol. The van der Waals surface area contributed by atoms with E-state index in [9.17, 15) is 13.4 Å². The molecule has 1 N–H and O–H groups in total. The summed E-state index contributed by atoms with van der Waals surface area (Å²) in [5.41, 5.74) is 4.65. The number of carbonyl (C=O) groups is 1. The molecule has 1 aliphatic heterocycles. The van der Waals surface area contributed by atoms with E-state index in [4.69, 9.17) is 4.42 Å². The second-order valence-corrected chi connectivity index (χ2v) is 11.9. The van der Waals surface area contributed by atoms with Gasteiger partial charge in [-0.05, 0) is 66.3 Å². The van der Waals surface area contributed by atoms with Crippen LogP contribution in [0.2, 0.25) is 0 Å². The van der Waals surface area contributed by atoms with E-state index < -0.39 is 11.0 Å². The second-order valence-electron chi connectivity index (χ2n) is 9.53. The van der Waals surface area contributed by atoms with Crippen LogP contribution in [0.3, 0.4) is 0 Å². The van der Waals surface area contributed by atoms with Gasteiger partial charge in [0, 0.05) is 62.9 Å². The molecule has 204 valence electrons. The number of hydrogen-bond donors (Lipinski definition) is 1. The van der Waals surface area contributed by atoms with Crippen LogP contribution in [0.4, 0.5) is 10.1 Å². The minimum absolute atomic E-state index is 0.118. The lowest BCUT2D eigenvalue weighted by atomic mass is 9.89. The number of hydrogen-bond acceptors (Lipinski definition) is 6. The number of halogens is 1. The van der Waals surface area contributed by atoms with E-state index >= 15 is 0 Å². The van der Waals surface area contributed by atoms with Crippen LogP contribution < -0.4 is 9.62 Å². The molecule has 1 amide bonds. The summed E-state index contributed by atoms with van der Waals surface area (Å²) in [6.07, 6.45) is 7.34. The molecular formula is C29H31FN4O3S2. The zero-order valence-corrected chi connectivity index (χ0v) is 23.8. The quantitative estimate of drug-likeness (QED) is 0.274. The van der Waals surface area contributed by atoms with Gasteiger partial charge in [-0.25, -0.2) is 12.9 Å². The van der Waals surface area contributed by atoms with Gasteiger partial charge in [0.2, 0.25) is 0 Å². The van der Waals surface area contributed by atoms with E-state index in [1.165, 1.54) is 12.1 Å². The van der Waals surface area contributed by atoms with Crippen molar-refractivity contribution in [3.63, 3.8) is 0 Å². The molecule has 2 aromatic carbocycles. The molecule has 1 aliphatic rings. The topological polar surface area (TPSA) is 78.7 Å². The Morgan fingerprint density at radius 3 is 2.77 bits per heavy atom. The Kier molecular flexibility index (Phi) is 8.34. The summed E-state index contributed by atoms with van der Waals surface area (Å²) in [7, 11) is 2.41. The number of nitrogens with one attached hydrogen (secondary N) is 1. The highest BCUT2D eigenvalue weighted by atomic mass is 32.2. The predicted molar refractivity (Wildman–Crippen MR) is 157 cm³/mol. The number of carbonyl (C=O) groups excluding carboxylic acids is 1. The number of anilines is 1. The normalized spacial score (nSPS) is 16.8. The van der Waals surface area contributed by atoms with Crippen LogP contribution in [0.25, 0.3) is 22.3 Å². The van der Waals surface area contributed by atoms with Gasteiger partial charge in [0.15, 0.2) is 0 Å². The molecule has 39 heavy (non-hydrogen) atoms. The fourth-order valence-corrected chi connectivity index (χ4v) is 6.77. The van der Waals surface area contributed by atoms with Crippen molar-refractivity contribution in [3.05, 3.63) is 83.4 Å². The smallest absolute Gasteiger partial charge is 0.255 e. The minimum Gasteiger partial charge on any atom is -0.455 e. The van der Waals surface area contributed by atoms with Crippen molar-refractivity contribution in [3.8, 4) is 11.3 Å². The maximum Gasteiger partial charge on any atom is 0.255 e. The molecule has 0 spiro atoms. The van der Waals surface area contributed by atoms with Gasteiger partial charge >= 0.3 is 0 Å². The molecule has 0 saturated carbocycles. The molecule has 7 nitrogen and oxygen atoms in total. The first-order valence-electron chi connectivity index (χ1n) is 12.8. The molecule has 0 aliphatic carbocycles.